The van der Waals surface area contributed by atoms with Gasteiger partial charge in [0.15, 0.2) is 0 Å². The minimum absolute atomic E-state index is 0.216. The van der Waals surface area contributed by atoms with Gasteiger partial charge in [-0.2, -0.15) is 0 Å². The van der Waals surface area contributed by atoms with Gasteiger partial charge in [-0.15, -0.1) is 0 Å². The molecule has 0 amide bonds. The zero-order valence-electron chi connectivity index (χ0n) is 27.4. The van der Waals surface area contributed by atoms with Gasteiger partial charge in [0.25, 0.3) is 0 Å². The lowest BCUT2D eigenvalue weighted by Gasteiger charge is -2.26. The van der Waals surface area contributed by atoms with Crippen LogP contribution in [0.5, 0.6) is 0 Å². The lowest BCUT2D eigenvalue weighted by molar-refractivity contribution is 0.662. The van der Waals surface area contributed by atoms with Crippen LogP contribution in [0.2, 0.25) is 0 Å². The molecule has 1 aromatic heterocycles. The molecule has 0 saturated heterocycles. The molecule has 49 heavy (non-hydrogen) atoms. The Morgan fingerprint density at radius 3 is 1.73 bits per heavy atom. The van der Waals surface area contributed by atoms with Gasteiger partial charge in [0.1, 0.15) is 0 Å². The normalized spacial score (nSPS) is 13.7. The molecule has 0 aliphatic heterocycles. The second kappa shape index (κ2) is 9.52. The summed E-state index contributed by atoms with van der Waals surface area (Å²) in [7, 11) is 0. The predicted octanol–water partition coefficient (Wildman–Crippen LogP) is 13.0. The fraction of sp³-hybridized carbons (Fsp3) is 0.0625. The topological polar surface area (TPSA) is 12.9 Å². The van der Waals surface area contributed by atoms with Crippen LogP contribution in [0.3, 0.4) is 0 Å². The third-order valence-electron chi connectivity index (χ3n) is 11.4. The summed E-state index contributed by atoms with van der Waals surface area (Å²) < 4.78 is 0. The van der Waals surface area contributed by atoms with Crippen LogP contribution in [0.4, 0.5) is 0 Å². The van der Waals surface area contributed by atoms with E-state index in [0.717, 1.165) is 11.2 Å². The van der Waals surface area contributed by atoms with Crippen LogP contribution in [0.25, 0.3) is 99.0 Å². The van der Waals surface area contributed by atoms with Gasteiger partial charge < -0.3 is 0 Å². The van der Waals surface area contributed by atoms with Gasteiger partial charge in [-0.05, 0) is 94.0 Å². The van der Waals surface area contributed by atoms with E-state index in [1.807, 2.05) is 0 Å². The molecule has 1 nitrogen and oxygen atoms in total. The first-order valence-electron chi connectivity index (χ1n) is 17.2. The van der Waals surface area contributed by atoms with Crippen LogP contribution in [-0.2, 0) is 5.41 Å². The zero-order valence-corrected chi connectivity index (χ0v) is 27.4. The van der Waals surface area contributed by atoms with E-state index in [0.29, 0.717) is 0 Å². The minimum Gasteiger partial charge on any atom is -0.247 e. The molecular weight excluding hydrogens is 591 g/mol. The molecule has 2 aliphatic rings. The second-order valence-corrected chi connectivity index (χ2v) is 14.2. The number of fused-ring (bicyclic) bond motifs is 10. The van der Waals surface area contributed by atoms with E-state index in [4.69, 9.17) is 4.98 Å². The summed E-state index contributed by atoms with van der Waals surface area (Å²) in [6.07, 6.45) is 0. The molecule has 0 unspecified atom stereocenters. The molecular formula is C48H31N. The van der Waals surface area contributed by atoms with E-state index < -0.39 is 0 Å². The average molecular weight is 622 g/mol. The first-order chi connectivity index (χ1) is 24.1. The highest BCUT2D eigenvalue weighted by atomic mass is 14.7. The van der Waals surface area contributed by atoms with Crippen molar-refractivity contribution in [1.82, 2.24) is 4.98 Å². The van der Waals surface area contributed by atoms with Crippen molar-refractivity contribution in [3.05, 3.63) is 163 Å². The number of pyridine rings is 1. The molecule has 9 aromatic rings. The SMILES string of the molecule is CC1(C)c2ccccc2-c2nc3ccc4ccccc4c3c(-c3ccc(-c4ccc5c6c(cccc46)-c4ccccc4-5)c4ccccc34)c21. The summed E-state index contributed by atoms with van der Waals surface area (Å²) >= 11 is 0. The van der Waals surface area contributed by atoms with Crippen molar-refractivity contribution < 1.29 is 0 Å². The largest absolute Gasteiger partial charge is 0.247 e. The maximum Gasteiger partial charge on any atom is 0.0759 e. The second-order valence-electron chi connectivity index (χ2n) is 14.2. The van der Waals surface area contributed by atoms with Crippen molar-refractivity contribution in [3.8, 4) is 55.8 Å². The van der Waals surface area contributed by atoms with Crippen LogP contribution >= 0.6 is 0 Å². The first kappa shape index (κ1) is 27.0. The van der Waals surface area contributed by atoms with Gasteiger partial charge >= 0.3 is 0 Å². The lowest BCUT2D eigenvalue weighted by Crippen LogP contribution is -2.17. The van der Waals surface area contributed by atoms with E-state index in [-0.39, 0.29) is 5.41 Å². The molecule has 0 saturated carbocycles. The van der Waals surface area contributed by atoms with Gasteiger partial charge in [-0.1, -0.05) is 159 Å². The number of rotatable bonds is 2. The standard InChI is InChI=1S/C48H31N/c1-48(2)41-21-10-9-18-40(41)47-46(48)45(44-29-13-4-3-12-28(29)22-27-42(44)49-47)39-26-23-34(30-14-5-6-15-31(30)39)35-24-25-38-33-17-8-7-16-32(33)36-19-11-20-37(35)43(36)38/h3-27H,1-2H3. The maximum atomic E-state index is 5.45. The highest BCUT2D eigenvalue weighted by Gasteiger charge is 2.40. The van der Waals surface area contributed by atoms with Crippen molar-refractivity contribution >= 4 is 43.2 Å². The Balaban J connectivity index is 1.25. The first-order valence-corrected chi connectivity index (χ1v) is 17.2. The van der Waals surface area contributed by atoms with E-state index >= 15 is 0 Å². The summed E-state index contributed by atoms with van der Waals surface area (Å²) in [6.45, 7) is 4.75. The summed E-state index contributed by atoms with van der Waals surface area (Å²) in [4.78, 5) is 5.45. The van der Waals surface area contributed by atoms with Gasteiger partial charge in [-0.25, -0.2) is 4.98 Å². The maximum absolute atomic E-state index is 5.45. The molecule has 1 heterocycles. The molecule has 11 rings (SSSR count). The fourth-order valence-electron chi connectivity index (χ4n) is 9.27. The Kier molecular flexibility index (Phi) is 5.24. The summed E-state index contributed by atoms with van der Waals surface area (Å²) in [5.74, 6) is 0. The van der Waals surface area contributed by atoms with Gasteiger partial charge in [-0.3, -0.25) is 0 Å². The molecule has 0 atom stereocenters. The Labute approximate surface area is 285 Å². The third kappa shape index (κ3) is 3.47. The van der Waals surface area contributed by atoms with E-state index in [2.05, 4.69) is 166 Å². The van der Waals surface area contributed by atoms with Crippen LogP contribution in [0.1, 0.15) is 25.0 Å². The number of nitrogens with zero attached hydrogens (tertiary/aromatic N) is 1. The zero-order chi connectivity index (χ0) is 32.4. The van der Waals surface area contributed by atoms with E-state index in [1.165, 1.54) is 98.9 Å². The molecule has 0 spiro atoms. The van der Waals surface area contributed by atoms with Crippen LogP contribution in [0, 0.1) is 0 Å². The minimum atomic E-state index is -0.216. The van der Waals surface area contributed by atoms with Crippen molar-refractivity contribution in [2.45, 2.75) is 19.3 Å². The molecule has 2 aliphatic carbocycles. The third-order valence-corrected chi connectivity index (χ3v) is 11.4. The Morgan fingerprint density at radius 1 is 0.388 bits per heavy atom. The van der Waals surface area contributed by atoms with Crippen molar-refractivity contribution in [2.24, 2.45) is 0 Å². The molecule has 0 N–H and O–H groups in total. The molecule has 0 radical (unpaired) electrons. The smallest absolute Gasteiger partial charge is 0.0759 e. The molecule has 0 fully saturated rings. The highest BCUT2D eigenvalue weighted by molar-refractivity contribution is 6.22. The van der Waals surface area contributed by atoms with Crippen LogP contribution in [0.15, 0.2) is 152 Å². The van der Waals surface area contributed by atoms with Crippen molar-refractivity contribution in [2.75, 3.05) is 0 Å². The van der Waals surface area contributed by atoms with Crippen LogP contribution < -0.4 is 0 Å². The molecule has 228 valence electrons. The molecule has 0 bridgehead atoms. The Morgan fingerprint density at radius 2 is 0.939 bits per heavy atom. The highest BCUT2D eigenvalue weighted by Crippen LogP contribution is 2.55. The Hall–Kier alpha value is -6.05. The van der Waals surface area contributed by atoms with E-state index in [1.54, 1.807) is 0 Å². The number of hydrogen-bond acceptors (Lipinski definition) is 1. The quantitative estimate of drug-likeness (QED) is 0.175. The van der Waals surface area contributed by atoms with Crippen molar-refractivity contribution in [1.29, 1.82) is 0 Å². The summed E-state index contributed by atoms with van der Waals surface area (Å²) in [5.41, 5.74) is 16.3. The summed E-state index contributed by atoms with van der Waals surface area (Å²) in [6, 6.07) is 56.2. The van der Waals surface area contributed by atoms with E-state index in [9.17, 15) is 0 Å². The monoisotopic (exact) mass is 621 g/mol. The fourth-order valence-corrected chi connectivity index (χ4v) is 9.27. The van der Waals surface area contributed by atoms with Crippen molar-refractivity contribution in [3.63, 3.8) is 0 Å². The molecule has 1 heteroatoms. The number of hydrogen-bond donors (Lipinski definition) is 0. The predicted molar refractivity (Wildman–Crippen MR) is 207 cm³/mol. The van der Waals surface area contributed by atoms with Crippen LogP contribution in [-0.4, -0.2) is 4.98 Å². The van der Waals surface area contributed by atoms with Gasteiger partial charge in [0.05, 0.1) is 11.2 Å². The van der Waals surface area contributed by atoms with Gasteiger partial charge in [0, 0.05) is 16.4 Å². The lowest BCUT2D eigenvalue weighted by atomic mass is 9.77. The number of aromatic nitrogens is 1. The number of benzene rings is 8. The van der Waals surface area contributed by atoms with Gasteiger partial charge in [0.2, 0.25) is 0 Å². The molecule has 8 aromatic carbocycles. The average Bonchev–Trinajstić information content (AvgIpc) is 3.60. The summed E-state index contributed by atoms with van der Waals surface area (Å²) in [5, 5.41) is 8.92. The Bertz CT molecular complexity index is 2880.